The number of hydrogen-bond donors (Lipinski definition) is 1. The van der Waals surface area contributed by atoms with Crippen LogP contribution < -0.4 is 4.90 Å². The van der Waals surface area contributed by atoms with Crippen LogP contribution in [0, 0.1) is 11.3 Å². The monoisotopic (exact) mass is 410 g/mol. The molecule has 8 heteroatoms. The van der Waals surface area contributed by atoms with Gasteiger partial charge >= 0.3 is 0 Å². The summed E-state index contributed by atoms with van der Waals surface area (Å²) in [6, 6.07) is 14.3. The van der Waals surface area contributed by atoms with E-state index in [1.54, 1.807) is 18.2 Å². The molecule has 2 aromatic carbocycles. The zero-order valence-electron chi connectivity index (χ0n) is 14.0. The number of nitriles is 1. The lowest BCUT2D eigenvalue weighted by atomic mass is 10.1. The molecule has 1 heterocycles. The van der Waals surface area contributed by atoms with Crippen molar-refractivity contribution in [3.8, 4) is 6.07 Å². The summed E-state index contributed by atoms with van der Waals surface area (Å²) in [5.74, 6) is 0. The van der Waals surface area contributed by atoms with E-state index >= 15 is 0 Å². The fourth-order valence-corrected chi connectivity index (χ4v) is 5.27. The van der Waals surface area contributed by atoms with Gasteiger partial charge in [0, 0.05) is 5.56 Å². The average molecular weight is 411 g/mol. The first-order valence-electron chi connectivity index (χ1n) is 8.19. The molecule has 5 nitrogen and oxygen atoms in total. The molecule has 3 rings (SSSR count). The Bertz CT molecular complexity index is 949. The number of nitrogens with zero attached hydrogens (tertiary/aromatic N) is 2. The molecule has 0 aromatic heterocycles. The maximum Gasteiger partial charge on any atom is 0.245 e. The van der Waals surface area contributed by atoms with Gasteiger partial charge in [-0.3, -0.25) is 0 Å². The summed E-state index contributed by atoms with van der Waals surface area (Å²) in [6.07, 6.45) is 0. The molecule has 1 N–H and O–H groups in total. The van der Waals surface area contributed by atoms with Gasteiger partial charge in [0.1, 0.15) is 11.4 Å². The van der Waals surface area contributed by atoms with Crippen molar-refractivity contribution in [2.75, 3.05) is 26.2 Å². The summed E-state index contributed by atoms with van der Waals surface area (Å²) < 4.78 is 27.2. The number of benzene rings is 2. The van der Waals surface area contributed by atoms with E-state index in [2.05, 4.69) is 6.07 Å². The summed E-state index contributed by atoms with van der Waals surface area (Å²) in [5.41, 5.74) is 1.65. The van der Waals surface area contributed by atoms with Crippen LogP contribution in [0.1, 0.15) is 11.1 Å². The first-order chi connectivity index (χ1) is 12.4. The highest BCUT2D eigenvalue weighted by Crippen LogP contribution is 2.30. The Morgan fingerprint density at radius 2 is 1.77 bits per heavy atom. The van der Waals surface area contributed by atoms with Crippen molar-refractivity contribution < 1.29 is 13.3 Å². The number of quaternary nitrogens is 1. The second-order valence-corrected chi connectivity index (χ2v) is 8.84. The zero-order chi connectivity index (χ0) is 18.7. The van der Waals surface area contributed by atoms with Crippen molar-refractivity contribution in [1.29, 1.82) is 5.26 Å². The van der Waals surface area contributed by atoms with E-state index in [1.165, 1.54) is 15.3 Å². The molecule has 136 valence electrons. The van der Waals surface area contributed by atoms with Crippen LogP contribution in [-0.4, -0.2) is 38.9 Å². The van der Waals surface area contributed by atoms with Gasteiger partial charge in [0.2, 0.25) is 10.0 Å². The van der Waals surface area contributed by atoms with Crippen LogP contribution in [0.2, 0.25) is 10.0 Å². The van der Waals surface area contributed by atoms with E-state index in [9.17, 15) is 13.7 Å². The van der Waals surface area contributed by atoms with E-state index in [-0.39, 0.29) is 14.9 Å². The lowest BCUT2D eigenvalue weighted by Gasteiger charge is -2.31. The van der Waals surface area contributed by atoms with Gasteiger partial charge in [-0.05, 0) is 18.2 Å². The predicted octanol–water partition coefficient (Wildman–Crippen LogP) is 1.95. The van der Waals surface area contributed by atoms with E-state index in [4.69, 9.17) is 23.2 Å². The number of nitrogens with one attached hydrogen (secondary N) is 1. The van der Waals surface area contributed by atoms with Crippen LogP contribution in [0.25, 0.3) is 0 Å². The zero-order valence-corrected chi connectivity index (χ0v) is 16.3. The van der Waals surface area contributed by atoms with Crippen molar-refractivity contribution >= 4 is 33.2 Å². The third kappa shape index (κ3) is 3.88. The predicted molar refractivity (Wildman–Crippen MR) is 101 cm³/mol. The highest BCUT2D eigenvalue weighted by molar-refractivity contribution is 7.89. The molecule has 26 heavy (non-hydrogen) atoms. The van der Waals surface area contributed by atoms with Crippen LogP contribution >= 0.6 is 23.2 Å². The van der Waals surface area contributed by atoms with Crippen molar-refractivity contribution in [1.82, 2.24) is 4.31 Å². The lowest BCUT2D eigenvalue weighted by Crippen LogP contribution is -3.13. The molecule has 0 spiro atoms. The van der Waals surface area contributed by atoms with Crippen molar-refractivity contribution in [2.24, 2.45) is 0 Å². The third-order valence-corrected chi connectivity index (χ3v) is 7.41. The standard InChI is InChI=1S/C18H17Cl2N3O2S/c19-16-6-3-7-17(18(16)20)26(24,25)23-10-8-22(9-11-23)13-15-5-2-1-4-14(15)12-21/h1-7H,8-11,13H2/p+1. The molecule has 0 bridgehead atoms. The molecule has 1 aliphatic heterocycles. The molecule has 0 radical (unpaired) electrons. The van der Waals surface area contributed by atoms with Gasteiger partial charge in [0.05, 0.1) is 47.9 Å². The molecule has 0 amide bonds. The van der Waals surface area contributed by atoms with Gasteiger partial charge in [0.15, 0.2) is 0 Å². The minimum atomic E-state index is -3.67. The van der Waals surface area contributed by atoms with Crippen molar-refractivity contribution in [3.05, 3.63) is 63.6 Å². The highest BCUT2D eigenvalue weighted by Gasteiger charge is 2.32. The second-order valence-electron chi connectivity index (χ2n) is 6.15. The molecule has 1 saturated heterocycles. The van der Waals surface area contributed by atoms with Crippen LogP contribution in [0.3, 0.4) is 0 Å². The number of piperazine rings is 1. The number of halogens is 2. The molecule has 0 unspecified atom stereocenters. The van der Waals surface area contributed by atoms with E-state index in [1.807, 2.05) is 18.2 Å². The van der Waals surface area contributed by atoms with Gasteiger partial charge in [0.25, 0.3) is 0 Å². The van der Waals surface area contributed by atoms with Crippen molar-refractivity contribution in [3.63, 3.8) is 0 Å². The SMILES string of the molecule is N#Cc1ccccc1C[NH+]1CCN(S(=O)(=O)c2cccc(Cl)c2Cl)CC1. The van der Waals surface area contributed by atoms with Gasteiger partial charge in [-0.1, -0.05) is 47.5 Å². The van der Waals surface area contributed by atoms with Crippen LogP contribution in [0.15, 0.2) is 47.4 Å². The first-order valence-corrected chi connectivity index (χ1v) is 10.4. The Morgan fingerprint density at radius 3 is 2.46 bits per heavy atom. The molecular formula is C18H18Cl2N3O2S+. The van der Waals surface area contributed by atoms with Gasteiger partial charge < -0.3 is 4.90 Å². The summed E-state index contributed by atoms with van der Waals surface area (Å²) in [6.45, 7) is 2.83. The second kappa shape index (κ2) is 7.95. The Labute approximate surface area is 163 Å². The molecule has 0 aliphatic carbocycles. The van der Waals surface area contributed by atoms with Gasteiger partial charge in [-0.25, -0.2) is 8.42 Å². The Balaban J connectivity index is 1.70. The molecule has 1 aliphatic rings. The normalized spacial score (nSPS) is 16.3. The fourth-order valence-electron chi connectivity index (χ4n) is 3.09. The summed E-state index contributed by atoms with van der Waals surface area (Å²) in [4.78, 5) is 1.29. The first kappa shape index (κ1) is 19.2. The number of hydrogen-bond acceptors (Lipinski definition) is 3. The van der Waals surface area contributed by atoms with Crippen LogP contribution in [0.5, 0.6) is 0 Å². The summed E-state index contributed by atoms with van der Waals surface area (Å²) in [7, 11) is -3.67. The molecule has 0 atom stereocenters. The van der Waals surface area contributed by atoms with Gasteiger partial charge in [-0.2, -0.15) is 9.57 Å². The lowest BCUT2D eigenvalue weighted by molar-refractivity contribution is -0.917. The van der Waals surface area contributed by atoms with Gasteiger partial charge in [-0.15, -0.1) is 0 Å². The molecule has 0 saturated carbocycles. The minimum absolute atomic E-state index is 0.0462. The maximum atomic E-state index is 12.9. The Hall–Kier alpha value is -1.62. The minimum Gasteiger partial charge on any atom is -0.329 e. The van der Waals surface area contributed by atoms with Crippen LogP contribution in [-0.2, 0) is 16.6 Å². The largest absolute Gasteiger partial charge is 0.329 e. The van der Waals surface area contributed by atoms with E-state index in [0.717, 1.165) is 5.56 Å². The van der Waals surface area contributed by atoms with Crippen molar-refractivity contribution in [2.45, 2.75) is 11.4 Å². The quantitative estimate of drug-likeness (QED) is 0.837. The molecular weight excluding hydrogens is 393 g/mol. The Morgan fingerprint density at radius 1 is 1.08 bits per heavy atom. The number of rotatable bonds is 4. The third-order valence-electron chi connectivity index (χ3n) is 4.54. The van der Waals surface area contributed by atoms with E-state index < -0.39 is 10.0 Å². The molecule has 2 aromatic rings. The average Bonchev–Trinajstić information content (AvgIpc) is 2.65. The summed E-state index contributed by atoms with van der Waals surface area (Å²) in [5, 5.41) is 9.49. The summed E-state index contributed by atoms with van der Waals surface area (Å²) >= 11 is 12.0. The smallest absolute Gasteiger partial charge is 0.245 e. The maximum absolute atomic E-state index is 12.9. The molecule has 1 fully saturated rings. The number of sulfonamides is 1. The highest BCUT2D eigenvalue weighted by atomic mass is 35.5. The Kier molecular flexibility index (Phi) is 5.86. The van der Waals surface area contributed by atoms with E-state index in [0.29, 0.717) is 38.3 Å². The topological polar surface area (TPSA) is 65.6 Å². The fraction of sp³-hybridized carbons (Fsp3) is 0.278. The van der Waals surface area contributed by atoms with Crippen LogP contribution in [0.4, 0.5) is 0 Å².